The van der Waals surface area contributed by atoms with Gasteiger partial charge in [-0.25, -0.2) is 0 Å². The van der Waals surface area contributed by atoms with Gasteiger partial charge in [0.2, 0.25) is 0 Å². The summed E-state index contributed by atoms with van der Waals surface area (Å²) in [5, 5.41) is 0. The van der Waals surface area contributed by atoms with Crippen LogP contribution in [0.2, 0.25) is 0 Å². The van der Waals surface area contributed by atoms with Crippen LogP contribution in [0.15, 0.2) is 34.4 Å². The predicted molar refractivity (Wildman–Crippen MR) is 78.0 cm³/mol. The maximum atomic E-state index is 11.9. The van der Waals surface area contributed by atoms with Gasteiger partial charge in [-0.2, -0.15) is 0 Å². The molecule has 0 aromatic rings. The molecule has 0 saturated heterocycles. The molecule has 2 rings (SSSR count). The molecule has 19 heavy (non-hydrogen) atoms. The molecule has 0 aromatic heterocycles. The van der Waals surface area contributed by atoms with Crippen LogP contribution in [0.3, 0.4) is 0 Å². The summed E-state index contributed by atoms with van der Waals surface area (Å²) in [6.07, 6.45) is 11.3. The second-order valence-electron chi connectivity index (χ2n) is 5.75. The number of hydrogen-bond acceptors (Lipinski definition) is 2. The number of carbonyl (C=O) groups excluding carboxylic acids is 1. The molecule has 0 N–H and O–H groups in total. The molecule has 2 heteroatoms. The van der Waals surface area contributed by atoms with E-state index in [1.54, 1.807) is 12.7 Å². The molecule has 2 nitrogen and oxygen atoms in total. The van der Waals surface area contributed by atoms with Crippen molar-refractivity contribution in [3.05, 3.63) is 34.4 Å². The van der Waals surface area contributed by atoms with Gasteiger partial charge in [-0.15, -0.1) is 0 Å². The summed E-state index contributed by atoms with van der Waals surface area (Å²) in [7, 11) is 1.63. The van der Waals surface area contributed by atoms with Crippen molar-refractivity contribution < 1.29 is 9.53 Å². The summed E-state index contributed by atoms with van der Waals surface area (Å²) < 4.78 is 5.31. The first kappa shape index (κ1) is 14.3. The third-order valence-corrected chi connectivity index (χ3v) is 3.94. The van der Waals surface area contributed by atoms with Gasteiger partial charge in [-0.05, 0) is 57.9 Å². The van der Waals surface area contributed by atoms with Gasteiger partial charge in [-0.1, -0.05) is 23.3 Å². The van der Waals surface area contributed by atoms with Crippen molar-refractivity contribution in [3.8, 4) is 0 Å². The Labute approximate surface area is 116 Å². The van der Waals surface area contributed by atoms with Crippen LogP contribution in [-0.2, 0) is 9.53 Å². The molecule has 0 saturated carbocycles. The van der Waals surface area contributed by atoms with E-state index >= 15 is 0 Å². The first-order valence-electron chi connectivity index (χ1n) is 7.26. The van der Waals surface area contributed by atoms with E-state index in [9.17, 15) is 4.79 Å². The van der Waals surface area contributed by atoms with Crippen LogP contribution in [-0.4, -0.2) is 19.0 Å². The zero-order valence-electron chi connectivity index (χ0n) is 12.3. The Morgan fingerprint density at radius 2 is 2.16 bits per heavy atom. The summed E-state index contributed by atoms with van der Waals surface area (Å²) in [4.78, 5) is 11.9. The standard InChI is InChI=1S/C17H24O2/c1-12(2)11-15-14(17(19-3)16(15)18)10-9-13-7-5-4-6-8-13/h7,11,17H,4-6,8-10H2,1-3H3. The van der Waals surface area contributed by atoms with E-state index in [1.165, 1.54) is 36.8 Å². The quantitative estimate of drug-likeness (QED) is 0.695. The molecule has 0 aliphatic heterocycles. The molecule has 0 amide bonds. The highest BCUT2D eigenvalue weighted by atomic mass is 16.5. The van der Waals surface area contributed by atoms with Gasteiger partial charge in [0.25, 0.3) is 0 Å². The van der Waals surface area contributed by atoms with Crippen molar-refractivity contribution in [1.29, 1.82) is 0 Å². The van der Waals surface area contributed by atoms with Crippen LogP contribution in [0.1, 0.15) is 52.4 Å². The molecule has 0 aromatic carbocycles. The Balaban J connectivity index is 2.06. The lowest BCUT2D eigenvalue weighted by Crippen LogP contribution is -2.37. The summed E-state index contributed by atoms with van der Waals surface area (Å²) in [6, 6.07) is 0. The molecule has 0 fully saturated rings. The van der Waals surface area contributed by atoms with Crippen LogP contribution >= 0.6 is 0 Å². The number of Topliss-reactive ketones (excluding diaryl/α,β-unsaturated/α-hetero) is 1. The Morgan fingerprint density at radius 1 is 1.37 bits per heavy atom. The number of hydrogen-bond donors (Lipinski definition) is 0. The fourth-order valence-corrected chi connectivity index (χ4v) is 2.92. The third-order valence-electron chi connectivity index (χ3n) is 3.94. The fraction of sp³-hybridized carbons (Fsp3) is 0.588. The smallest absolute Gasteiger partial charge is 0.195 e. The zero-order chi connectivity index (χ0) is 13.8. The third kappa shape index (κ3) is 3.24. The number of carbonyl (C=O) groups is 1. The Morgan fingerprint density at radius 3 is 2.74 bits per heavy atom. The van der Waals surface area contributed by atoms with Gasteiger partial charge in [0.1, 0.15) is 6.10 Å². The molecule has 1 unspecified atom stereocenters. The van der Waals surface area contributed by atoms with Crippen LogP contribution < -0.4 is 0 Å². The lowest BCUT2D eigenvalue weighted by molar-refractivity contribution is -0.125. The van der Waals surface area contributed by atoms with Crippen molar-refractivity contribution in [2.45, 2.75) is 58.5 Å². The van der Waals surface area contributed by atoms with Crippen molar-refractivity contribution in [2.75, 3.05) is 7.11 Å². The van der Waals surface area contributed by atoms with E-state index < -0.39 is 0 Å². The van der Waals surface area contributed by atoms with Gasteiger partial charge in [-0.3, -0.25) is 4.79 Å². The molecular formula is C17H24O2. The molecular weight excluding hydrogens is 236 g/mol. The number of methoxy groups -OCH3 is 1. The normalized spacial score (nSPS) is 23.0. The molecule has 2 aliphatic rings. The van der Waals surface area contributed by atoms with Crippen LogP contribution in [0.5, 0.6) is 0 Å². The first-order valence-corrected chi connectivity index (χ1v) is 7.26. The lowest BCUT2D eigenvalue weighted by atomic mass is 9.79. The second-order valence-corrected chi connectivity index (χ2v) is 5.75. The largest absolute Gasteiger partial charge is 0.369 e. The van der Waals surface area contributed by atoms with Crippen LogP contribution in [0, 0.1) is 0 Å². The fourth-order valence-electron chi connectivity index (χ4n) is 2.92. The van der Waals surface area contributed by atoms with Gasteiger partial charge < -0.3 is 4.74 Å². The number of ether oxygens (including phenoxy) is 1. The maximum Gasteiger partial charge on any atom is 0.195 e. The van der Waals surface area contributed by atoms with Crippen molar-refractivity contribution >= 4 is 5.78 Å². The van der Waals surface area contributed by atoms with Gasteiger partial charge in [0.15, 0.2) is 5.78 Å². The van der Waals surface area contributed by atoms with Crippen molar-refractivity contribution in [1.82, 2.24) is 0 Å². The molecule has 2 aliphatic carbocycles. The lowest BCUT2D eigenvalue weighted by Gasteiger charge is -2.30. The molecule has 0 spiro atoms. The van der Waals surface area contributed by atoms with E-state index in [0.717, 1.165) is 18.4 Å². The number of rotatable bonds is 5. The summed E-state index contributed by atoms with van der Waals surface area (Å²) >= 11 is 0. The SMILES string of the molecule is COC1C(=O)C(C=C(C)C)=C1CCC1=CCCCC1. The number of allylic oxidation sites excluding steroid dienone is 4. The Hall–Kier alpha value is -1.15. The van der Waals surface area contributed by atoms with E-state index in [4.69, 9.17) is 4.74 Å². The van der Waals surface area contributed by atoms with Crippen molar-refractivity contribution in [3.63, 3.8) is 0 Å². The van der Waals surface area contributed by atoms with E-state index in [0.29, 0.717) is 0 Å². The van der Waals surface area contributed by atoms with E-state index in [1.807, 2.05) is 19.9 Å². The molecule has 0 bridgehead atoms. The zero-order valence-corrected chi connectivity index (χ0v) is 12.3. The summed E-state index contributed by atoms with van der Waals surface area (Å²) in [5.74, 6) is 0.149. The van der Waals surface area contributed by atoms with Gasteiger partial charge >= 0.3 is 0 Å². The Bertz CT molecular complexity index is 448. The Kier molecular flexibility index (Phi) is 4.76. The minimum Gasteiger partial charge on any atom is -0.369 e. The maximum absolute atomic E-state index is 11.9. The van der Waals surface area contributed by atoms with Crippen LogP contribution in [0.25, 0.3) is 0 Å². The summed E-state index contributed by atoms with van der Waals surface area (Å²) in [6.45, 7) is 4.06. The molecule has 0 radical (unpaired) electrons. The highest BCUT2D eigenvalue weighted by Gasteiger charge is 2.37. The second kappa shape index (κ2) is 6.33. The molecule has 104 valence electrons. The minimum absolute atomic E-state index is 0.149. The monoisotopic (exact) mass is 260 g/mol. The van der Waals surface area contributed by atoms with Crippen molar-refractivity contribution in [2.24, 2.45) is 0 Å². The average Bonchev–Trinajstić information content (AvgIpc) is 2.41. The first-order chi connectivity index (χ1) is 9.13. The highest BCUT2D eigenvalue weighted by molar-refractivity contribution is 6.11. The predicted octanol–water partition coefficient (Wildman–Crippen LogP) is 4.13. The topological polar surface area (TPSA) is 26.3 Å². The summed E-state index contributed by atoms with van der Waals surface area (Å²) in [5.41, 5.74) is 4.82. The van der Waals surface area contributed by atoms with Gasteiger partial charge in [0.05, 0.1) is 0 Å². The van der Waals surface area contributed by atoms with Crippen LogP contribution in [0.4, 0.5) is 0 Å². The average molecular weight is 260 g/mol. The van der Waals surface area contributed by atoms with Gasteiger partial charge in [0, 0.05) is 12.7 Å². The number of ketones is 1. The molecule has 0 heterocycles. The van der Waals surface area contributed by atoms with E-state index in [2.05, 4.69) is 6.08 Å². The minimum atomic E-state index is -0.283. The highest BCUT2D eigenvalue weighted by Crippen LogP contribution is 2.34. The van der Waals surface area contributed by atoms with E-state index in [-0.39, 0.29) is 11.9 Å². The molecule has 1 atom stereocenters.